The summed E-state index contributed by atoms with van der Waals surface area (Å²) >= 11 is 0. The van der Waals surface area contributed by atoms with Gasteiger partial charge in [-0.1, -0.05) is 41.5 Å². The number of nitrogens with one attached hydrogen (secondary N) is 1. The van der Waals surface area contributed by atoms with Crippen LogP contribution < -0.4 is 5.43 Å². The molecule has 0 aliphatic carbocycles. The molecular weight excluding hydrogens is 198 g/mol. The predicted octanol–water partition coefficient (Wildman–Crippen LogP) is 3.03. The second-order valence-electron chi connectivity index (χ2n) is 7.08. The molecule has 0 saturated heterocycles. The van der Waals surface area contributed by atoms with Crippen molar-refractivity contribution in [3.05, 3.63) is 0 Å². The molecular formula is C13H27N3. The van der Waals surface area contributed by atoms with Crippen LogP contribution in [0.5, 0.6) is 0 Å². The smallest absolute Gasteiger partial charge is 0.132 e. The van der Waals surface area contributed by atoms with Crippen LogP contribution in [0.25, 0.3) is 0 Å². The molecule has 1 aliphatic heterocycles. The van der Waals surface area contributed by atoms with Gasteiger partial charge in [0.1, 0.15) is 12.0 Å². The van der Waals surface area contributed by atoms with Crippen molar-refractivity contribution < 1.29 is 0 Å². The van der Waals surface area contributed by atoms with Crippen molar-refractivity contribution in [2.24, 2.45) is 15.9 Å². The first-order valence-corrected chi connectivity index (χ1v) is 6.17. The number of rotatable bonds is 1. The molecule has 1 unspecified atom stereocenters. The topological polar surface area (TPSA) is 27.6 Å². The van der Waals surface area contributed by atoms with Crippen LogP contribution in [0.15, 0.2) is 5.10 Å². The second-order valence-corrected chi connectivity index (χ2v) is 7.08. The molecule has 94 valence electrons. The van der Waals surface area contributed by atoms with Gasteiger partial charge in [0.2, 0.25) is 0 Å². The molecule has 0 amide bonds. The molecule has 0 saturated carbocycles. The summed E-state index contributed by atoms with van der Waals surface area (Å²) in [6.07, 6.45) is 0.293. The SMILES string of the molecule is CC(C)N1C(C(C)(C)C)=NNC1C(C)(C)C. The lowest BCUT2D eigenvalue weighted by Crippen LogP contribution is -2.53. The Morgan fingerprint density at radius 2 is 1.62 bits per heavy atom. The van der Waals surface area contributed by atoms with Gasteiger partial charge in [0.05, 0.1) is 0 Å². The molecule has 0 bridgehead atoms. The summed E-state index contributed by atoms with van der Waals surface area (Å²) in [7, 11) is 0. The molecule has 0 aromatic rings. The van der Waals surface area contributed by atoms with Gasteiger partial charge in [0.25, 0.3) is 0 Å². The van der Waals surface area contributed by atoms with E-state index >= 15 is 0 Å². The molecule has 1 rings (SSSR count). The van der Waals surface area contributed by atoms with Crippen LogP contribution in [-0.4, -0.2) is 22.9 Å². The van der Waals surface area contributed by atoms with E-state index < -0.39 is 0 Å². The van der Waals surface area contributed by atoms with Crippen LogP contribution in [0.3, 0.4) is 0 Å². The van der Waals surface area contributed by atoms with E-state index in [0.29, 0.717) is 12.2 Å². The van der Waals surface area contributed by atoms with Crippen molar-refractivity contribution in [1.29, 1.82) is 0 Å². The highest BCUT2D eigenvalue weighted by atomic mass is 15.5. The van der Waals surface area contributed by atoms with Crippen LogP contribution in [-0.2, 0) is 0 Å². The lowest BCUT2D eigenvalue weighted by atomic mass is 9.88. The molecule has 0 spiro atoms. The molecule has 1 atom stereocenters. The summed E-state index contributed by atoms with van der Waals surface area (Å²) in [6, 6.07) is 0.470. The number of hydrogen-bond acceptors (Lipinski definition) is 3. The minimum Gasteiger partial charge on any atom is -0.334 e. The summed E-state index contributed by atoms with van der Waals surface area (Å²) in [6.45, 7) is 17.9. The normalized spacial score (nSPS) is 22.4. The zero-order chi connectivity index (χ0) is 12.7. The fraction of sp³-hybridized carbons (Fsp3) is 0.923. The summed E-state index contributed by atoms with van der Waals surface area (Å²) in [4.78, 5) is 2.42. The molecule has 0 radical (unpaired) electrons. The van der Waals surface area contributed by atoms with E-state index in [1.807, 2.05) is 0 Å². The van der Waals surface area contributed by atoms with E-state index in [0.717, 1.165) is 0 Å². The third-order valence-electron chi connectivity index (χ3n) is 2.86. The molecule has 0 aromatic heterocycles. The van der Waals surface area contributed by atoms with E-state index in [-0.39, 0.29) is 10.8 Å². The van der Waals surface area contributed by atoms with Gasteiger partial charge >= 0.3 is 0 Å². The zero-order valence-electron chi connectivity index (χ0n) is 12.0. The van der Waals surface area contributed by atoms with Gasteiger partial charge in [0.15, 0.2) is 0 Å². The lowest BCUT2D eigenvalue weighted by molar-refractivity contribution is 0.125. The van der Waals surface area contributed by atoms with Crippen LogP contribution in [0.2, 0.25) is 0 Å². The predicted molar refractivity (Wildman–Crippen MR) is 70.2 cm³/mol. The quantitative estimate of drug-likeness (QED) is 0.743. The maximum absolute atomic E-state index is 4.55. The Balaban J connectivity index is 3.01. The highest BCUT2D eigenvalue weighted by molar-refractivity contribution is 5.88. The lowest BCUT2D eigenvalue weighted by Gasteiger charge is -2.41. The third-order valence-corrected chi connectivity index (χ3v) is 2.86. The fourth-order valence-corrected chi connectivity index (χ4v) is 2.07. The molecule has 3 heteroatoms. The number of nitrogens with zero attached hydrogens (tertiary/aromatic N) is 2. The largest absolute Gasteiger partial charge is 0.334 e. The van der Waals surface area contributed by atoms with Crippen molar-refractivity contribution >= 4 is 5.84 Å². The van der Waals surface area contributed by atoms with E-state index in [2.05, 4.69) is 70.8 Å². The number of hydrazone groups is 1. The first-order valence-electron chi connectivity index (χ1n) is 6.17. The highest BCUT2D eigenvalue weighted by Gasteiger charge is 2.41. The Kier molecular flexibility index (Phi) is 3.28. The van der Waals surface area contributed by atoms with E-state index in [4.69, 9.17) is 0 Å². The number of hydrogen-bond donors (Lipinski definition) is 1. The average Bonchev–Trinajstić information content (AvgIpc) is 2.43. The zero-order valence-corrected chi connectivity index (χ0v) is 12.0. The molecule has 1 aliphatic rings. The van der Waals surface area contributed by atoms with E-state index in [1.165, 1.54) is 5.84 Å². The van der Waals surface area contributed by atoms with Crippen molar-refractivity contribution in [2.75, 3.05) is 0 Å². The Morgan fingerprint density at radius 3 is 1.94 bits per heavy atom. The Labute approximate surface area is 100 Å². The van der Waals surface area contributed by atoms with Crippen molar-refractivity contribution in [3.8, 4) is 0 Å². The minimum atomic E-state index is 0.0945. The highest BCUT2D eigenvalue weighted by Crippen LogP contribution is 2.32. The monoisotopic (exact) mass is 225 g/mol. The average molecular weight is 225 g/mol. The van der Waals surface area contributed by atoms with Gasteiger partial charge in [-0.3, -0.25) is 5.43 Å². The fourth-order valence-electron chi connectivity index (χ4n) is 2.07. The summed E-state index contributed by atoms with van der Waals surface area (Å²) in [5, 5.41) is 4.55. The van der Waals surface area contributed by atoms with Crippen LogP contribution in [0.4, 0.5) is 0 Å². The second kappa shape index (κ2) is 3.94. The molecule has 1 N–H and O–H groups in total. The van der Waals surface area contributed by atoms with Crippen LogP contribution in [0, 0.1) is 10.8 Å². The van der Waals surface area contributed by atoms with E-state index in [1.54, 1.807) is 0 Å². The maximum atomic E-state index is 4.55. The summed E-state index contributed by atoms with van der Waals surface area (Å²) in [5.41, 5.74) is 3.57. The van der Waals surface area contributed by atoms with Crippen LogP contribution in [0.1, 0.15) is 55.4 Å². The van der Waals surface area contributed by atoms with E-state index in [9.17, 15) is 0 Å². The standard InChI is InChI=1S/C13H27N3/c1-9(2)16-10(12(3,4)5)14-15-11(16)13(6,7)8/h9-10,14H,1-8H3. The summed E-state index contributed by atoms with van der Waals surface area (Å²) in [5.74, 6) is 1.17. The van der Waals surface area contributed by atoms with Gasteiger partial charge in [-0.15, -0.1) is 0 Å². The summed E-state index contributed by atoms with van der Waals surface area (Å²) < 4.78 is 0. The third kappa shape index (κ3) is 2.50. The van der Waals surface area contributed by atoms with Gasteiger partial charge < -0.3 is 4.90 Å². The molecule has 3 nitrogen and oxygen atoms in total. The van der Waals surface area contributed by atoms with Gasteiger partial charge in [0, 0.05) is 16.9 Å². The molecule has 0 fully saturated rings. The maximum Gasteiger partial charge on any atom is 0.132 e. The number of amidine groups is 1. The first kappa shape index (κ1) is 13.3. The Hall–Kier alpha value is -0.730. The van der Waals surface area contributed by atoms with Crippen molar-refractivity contribution in [1.82, 2.24) is 10.3 Å². The Morgan fingerprint density at radius 1 is 1.12 bits per heavy atom. The molecule has 16 heavy (non-hydrogen) atoms. The molecule has 1 heterocycles. The van der Waals surface area contributed by atoms with Gasteiger partial charge in [-0.05, 0) is 13.8 Å². The minimum absolute atomic E-state index is 0.0945. The van der Waals surface area contributed by atoms with Crippen molar-refractivity contribution in [2.45, 2.75) is 67.6 Å². The molecule has 0 aromatic carbocycles. The van der Waals surface area contributed by atoms with Crippen LogP contribution >= 0.6 is 0 Å². The van der Waals surface area contributed by atoms with Gasteiger partial charge in [-0.25, -0.2) is 0 Å². The van der Waals surface area contributed by atoms with Gasteiger partial charge in [-0.2, -0.15) is 5.10 Å². The van der Waals surface area contributed by atoms with Crippen molar-refractivity contribution in [3.63, 3.8) is 0 Å². The Bertz CT molecular complexity index is 279. The first-order chi connectivity index (χ1) is 7.05.